The lowest BCUT2D eigenvalue weighted by Crippen LogP contribution is -2.26. The van der Waals surface area contributed by atoms with Crippen LogP contribution in [-0.2, 0) is 22.6 Å². The number of carbonyl (C=O) groups excluding carboxylic acids is 1. The predicted octanol–water partition coefficient (Wildman–Crippen LogP) is 3.14. The molecule has 1 atom stereocenters. The van der Waals surface area contributed by atoms with Crippen LogP contribution in [0.15, 0.2) is 48.5 Å². The van der Waals surface area contributed by atoms with E-state index in [0.29, 0.717) is 24.7 Å². The second-order valence-electron chi connectivity index (χ2n) is 6.90. The fourth-order valence-corrected chi connectivity index (χ4v) is 3.40. The number of para-hydroxylation sites is 1. The van der Waals surface area contributed by atoms with Crippen LogP contribution >= 0.6 is 0 Å². The lowest BCUT2D eigenvalue weighted by Gasteiger charge is -2.20. The molecule has 1 heterocycles. The average molecular weight is 383 g/mol. The van der Waals surface area contributed by atoms with Crippen molar-refractivity contribution in [2.75, 3.05) is 20.3 Å². The van der Waals surface area contributed by atoms with Gasteiger partial charge in [0.05, 0.1) is 19.6 Å². The van der Waals surface area contributed by atoms with Crippen LogP contribution in [0, 0.1) is 5.92 Å². The van der Waals surface area contributed by atoms with Crippen LogP contribution in [0.1, 0.15) is 24.0 Å². The first-order valence-corrected chi connectivity index (χ1v) is 9.41. The second kappa shape index (κ2) is 9.26. The summed E-state index contributed by atoms with van der Waals surface area (Å²) in [5.41, 5.74) is 2.08. The summed E-state index contributed by atoms with van der Waals surface area (Å²) in [5.74, 6) is -0.499. The number of likely N-dealkylation sites (tertiary alicyclic amines) is 1. The molecule has 1 aliphatic rings. The first kappa shape index (κ1) is 19.7. The minimum atomic E-state index is -0.932. The minimum absolute atomic E-state index is 0.0482. The molecule has 0 spiro atoms. The summed E-state index contributed by atoms with van der Waals surface area (Å²) in [6.45, 7) is 1.06. The Bertz CT molecular complexity index is 821. The summed E-state index contributed by atoms with van der Waals surface area (Å²) in [6, 6.07) is 15.8. The van der Waals surface area contributed by atoms with Gasteiger partial charge in [0.25, 0.3) is 0 Å². The maximum atomic E-state index is 12.2. The molecule has 0 aromatic heterocycles. The summed E-state index contributed by atoms with van der Waals surface area (Å²) in [6.07, 6.45) is 1.81. The SMILES string of the molecule is COc1cccc(CN2CC(C(=O)O)CC2=O)c1OCCCc1ccccc1. The number of hydrogen-bond donors (Lipinski definition) is 1. The van der Waals surface area contributed by atoms with Crippen LogP contribution in [0.25, 0.3) is 0 Å². The fraction of sp³-hybridized carbons (Fsp3) is 0.364. The number of carboxylic acids is 1. The maximum Gasteiger partial charge on any atom is 0.308 e. The van der Waals surface area contributed by atoms with E-state index in [1.54, 1.807) is 12.0 Å². The molecule has 0 bridgehead atoms. The van der Waals surface area contributed by atoms with Gasteiger partial charge in [-0.15, -0.1) is 0 Å². The number of carbonyl (C=O) groups is 2. The van der Waals surface area contributed by atoms with Crippen LogP contribution in [-0.4, -0.2) is 42.1 Å². The molecule has 2 aromatic carbocycles. The van der Waals surface area contributed by atoms with E-state index in [2.05, 4.69) is 12.1 Å². The molecule has 1 fully saturated rings. The standard InChI is InChI=1S/C22H25NO5/c1-27-19-11-5-10-17(14-23-15-18(22(25)26)13-20(23)24)21(19)28-12-6-9-16-7-3-2-4-8-16/h2-5,7-8,10-11,18H,6,9,12-15H2,1H3,(H,25,26). The molecule has 1 N–H and O–H groups in total. The molecule has 3 rings (SSSR count). The number of carboxylic acid groups (broad SMARTS) is 1. The number of benzene rings is 2. The first-order valence-electron chi connectivity index (χ1n) is 9.41. The summed E-state index contributed by atoms with van der Waals surface area (Å²) in [4.78, 5) is 24.9. The Hall–Kier alpha value is -3.02. The average Bonchev–Trinajstić information content (AvgIpc) is 3.07. The molecule has 1 amide bonds. The van der Waals surface area contributed by atoms with Crippen molar-refractivity contribution in [3.05, 3.63) is 59.7 Å². The van der Waals surface area contributed by atoms with Crippen LogP contribution < -0.4 is 9.47 Å². The third kappa shape index (κ3) is 4.82. The van der Waals surface area contributed by atoms with Crippen LogP contribution in [0.4, 0.5) is 0 Å². The van der Waals surface area contributed by atoms with Crippen molar-refractivity contribution >= 4 is 11.9 Å². The monoisotopic (exact) mass is 383 g/mol. The van der Waals surface area contributed by atoms with E-state index in [4.69, 9.17) is 14.6 Å². The Morgan fingerprint density at radius 2 is 1.96 bits per heavy atom. The van der Waals surface area contributed by atoms with E-state index >= 15 is 0 Å². The second-order valence-corrected chi connectivity index (χ2v) is 6.90. The molecule has 0 aliphatic carbocycles. The van der Waals surface area contributed by atoms with E-state index in [9.17, 15) is 9.59 Å². The van der Waals surface area contributed by atoms with Crippen molar-refractivity contribution in [2.45, 2.75) is 25.8 Å². The molecular weight excluding hydrogens is 358 g/mol. The Morgan fingerprint density at radius 1 is 1.18 bits per heavy atom. The van der Waals surface area contributed by atoms with Crippen LogP contribution in [0.3, 0.4) is 0 Å². The number of aliphatic carboxylic acids is 1. The van der Waals surface area contributed by atoms with Crippen molar-refractivity contribution in [1.29, 1.82) is 0 Å². The van der Waals surface area contributed by atoms with E-state index in [0.717, 1.165) is 18.4 Å². The highest BCUT2D eigenvalue weighted by Gasteiger charge is 2.34. The number of nitrogens with zero attached hydrogens (tertiary/aromatic N) is 1. The molecule has 2 aromatic rings. The van der Waals surface area contributed by atoms with Gasteiger partial charge in [-0.05, 0) is 24.5 Å². The van der Waals surface area contributed by atoms with Gasteiger partial charge in [-0.2, -0.15) is 0 Å². The Balaban J connectivity index is 1.65. The molecule has 1 saturated heterocycles. The Morgan fingerprint density at radius 3 is 2.64 bits per heavy atom. The maximum absolute atomic E-state index is 12.2. The van der Waals surface area contributed by atoms with Crippen molar-refractivity contribution in [3.63, 3.8) is 0 Å². The fourth-order valence-electron chi connectivity index (χ4n) is 3.40. The van der Waals surface area contributed by atoms with Crippen molar-refractivity contribution in [2.24, 2.45) is 5.92 Å². The number of aryl methyl sites for hydroxylation is 1. The highest BCUT2D eigenvalue weighted by molar-refractivity contribution is 5.86. The molecule has 148 valence electrons. The lowest BCUT2D eigenvalue weighted by atomic mass is 10.1. The molecule has 1 aliphatic heterocycles. The predicted molar refractivity (Wildman–Crippen MR) is 104 cm³/mol. The zero-order valence-electron chi connectivity index (χ0n) is 16.0. The number of hydrogen-bond acceptors (Lipinski definition) is 4. The largest absolute Gasteiger partial charge is 0.493 e. The van der Waals surface area contributed by atoms with Gasteiger partial charge in [0.2, 0.25) is 5.91 Å². The van der Waals surface area contributed by atoms with E-state index < -0.39 is 11.9 Å². The van der Waals surface area contributed by atoms with Gasteiger partial charge in [-0.3, -0.25) is 9.59 Å². The Kier molecular flexibility index (Phi) is 6.53. The summed E-state index contributed by atoms with van der Waals surface area (Å²) in [5, 5.41) is 9.17. The van der Waals surface area contributed by atoms with Crippen LogP contribution in [0.5, 0.6) is 11.5 Å². The molecule has 0 saturated carbocycles. The van der Waals surface area contributed by atoms with Crippen LogP contribution in [0.2, 0.25) is 0 Å². The lowest BCUT2D eigenvalue weighted by molar-refractivity contribution is -0.141. The zero-order chi connectivity index (χ0) is 19.9. The number of ether oxygens (including phenoxy) is 2. The van der Waals surface area contributed by atoms with Gasteiger partial charge >= 0.3 is 5.97 Å². The van der Waals surface area contributed by atoms with Gasteiger partial charge in [0.15, 0.2) is 11.5 Å². The number of rotatable bonds is 9. The van der Waals surface area contributed by atoms with Gasteiger partial charge in [0, 0.05) is 25.1 Å². The zero-order valence-corrected chi connectivity index (χ0v) is 16.0. The quantitative estimate of drug-likeness (QED) is 0.673. The number of amides is 1. The first-order chi connectivity index (χ1) is 13.6. The molecule has 0 radical (unpaired) electrons. The highest BCUT2D eigenvalue weighted by atomic mass is 16.5. The Labute approximate surface area is 164 Å². The molecule has 6 nitrogen and oxygen atoms in total. The third-order valence-electron chi connectivity index (χ3n) is 4.90. The summed E-state index contributed by atoms with van der Waals surface area (Å²) < 4.78 is 11.5. The van der Waals surface area contributed by atoms with Crippen molar-refractivity contribution < 1.29 is 24.2 Å². The molecule has 6 heteroatoms. The van der Waals surface area contributed by atoms with E-state index in [1.807, 2.05) is 36.4 Å². The normalized spacial score (nSPS) is 16.2. The van der Waals surface area contributed by atoms with E-state index in [-0.39, 0.29) is 18.9 Å². The molecule has 28 heavy (non-hydrogen) atoms. The number of methoxy groups -OCH3 is 1. The smallest absolute Gasteiger partial charge is 0.308 e. The van der Waals surface area contributed by atoms with Gasteiger partial charge < -0.3 is 19.5 Å². The van der Waals surface area contributed by atoms with Gasteiger partial charge in [-0.1, -0.05) is 42.5 Å². The van der Waals surface area contributed by atoms with E-state index in [1.165, 1.54) is 5.56 Å². The molecule has 1 unspecified atom stereocenters. The molecular formula is C22H25NO5. The highest BCUT2D eigenvalue weighted by Crippen LogP contribution is 2.33. The minimum Gasteiger partial charge on any atom is -0.493 e. The topological polar surface area (TPSA) is 76.1 Å². The van der Waals surface area contributed by atoms with Gasteiger partial charge in [-0.25, -0.2) is 0 Å². The summed E-state index contributed by atoms with van der Waals surface area (Å²) >= 11 is 0. The third-order valence-corrected chi connectivity index (χ3v) is 4.90. The summed E-state index contributed by atoms with van der Waals surface area (Å²) in [7, 11) is 1.58. The van der Waals surface area contributed by atoms with Crippen molar-refractivity contribution in [1.82, 2.24) is 4.90 Å². The van der Waals surface area contributed by atoms with Crippen molar-refractivity contribution in [3.8, 4) is 11.5 Å². The van der Waals surface area contributed by atoms with Gasteiger partial charge in [0.1, 0.15) is 0 Å².